The van der Waals surface area contributed by atoms with E-state index in [0.29, 0.717) is 13.0 Å². The first-order valence-electron chi connectivity index (χ1n) is 8.80. The molecule has 0 spiro atoms. The lowest BCUT2D eigenvalue weighted by molar-refractivity contribution is -0.141. The molecule has 0 unspecified atom stereocenters. The third-order valence-electron chi connectivity index (χ3n) is 5.10. The lowest BCUT2D eigenvalue weighted by Crippen LogP contribution is -2.48. The summed E-state index contributed by atoms with van der Waals surface area (Å²) in [6, 6.07) is 19.6. The molecule has 132 valence electrons. The van der Waals surface area contributed by atoms with Crippen LogP contribution in [0.2, 0.25) is 0 Å². The lowest BCUT2D eigenvalue weighted by Gasteiger charge is -2.40. The highest BCUT2D eigenvalue weighted by atomic mass is 16.5. The average molecular weight is 339 g/mol. The largest absolute Gasteiger partial charge is 0.469 e. The number of carbonyl (C=O) groups is 1. The average Bonchev–Trinajstić information content (AvgIpc) is 3.16. The molecular weight excluding hydrogens is 314 g/mol. The zero-order valence-corrected chi connectivity index (χ0v) is 14.6. The van der Waals surface area contributed by atoms with Gasteiger partial charge in [0.1, 0.15) is 5.60 Å². The molecule has 1 aliphatic heterocycles. The minimum Gasteiger partial charge on any atom is -0.469 e. The summed E-state index contributed by atoms with van der Waals surface area (Å²) in [5, 5.41) is 11.9. The van der Waals surface area contributed by atoms with E-state index in [1.54, 1.807) is 0 Å². The van der Waals surface area contributed by atoms with Gasteiger partial charge in [0.25, 0.3) is 0 Å². The van der Waals surface area contributed by atoms with Crippen LogP contribution in [0.4, 0.5) is 0 Å². The molecule has 0 aliphatic carbocycles. The van der Waals surface area contributed by atoms with Crippen LogP contribution >= 0.6 is 0 Å². The Morgan fingerprint density at radius 2 is 1.68 bits per heavy atom. The third kappa shape index (κ3) is 3.60. The van der Waals surface area contributed by atoms with E-state index >= 15 is 0 Å². The molecule has 2 aromatic rings. The van der Waals surface area contributed by atoms with E-state index in [1.807, 2.05) is 60.7 Å². The second-order valence-electron chi connectivity index (χ2n) is 6.52. The molecule has 1 N–H and O–H groups in total. The van der Waals surface area contributed by atoms with Crippen molar-refractivity contribution in [2.24, 2.45) is 0 Å². The minimum atomic E-state index is -1.10. The van der Waals surface area contributed by atoms with E-state index in [1.165, 1.54) is 7.11 Å². The topological polar surface area (TPSA) is 49.8 Å². The number of esters is 1. The zero-order valence-electron chi connectivity index (χ0n) is 14.6. The monoisotopic (exact) mass is 339 g/mol. The van der Waals surface area contributed by atoms with E-state index < -0.39 is 5.60 Å². The van der Waals surface area contributed by atoms with Crippen molar-refractivity contribution in [2.45, 2.75) is 30.9 Å². The van der Waals surface area contributed by atoms with Crippen LogP contribution in [0.25, 0.3) is 0 Å². The van der Waals surface area contributed by atoms with Gasteiger partial charge < -0.3 is 9.84 Å². The first-order chi connectivity index (χ1) is 12.2. The Hall–Kier alpha value is -2.17. The molecule has 0 radical (unpaired) electrons. The molecule has 1 heterocycles. The van der Waals surface area contributed by atoms with Gasteiger partial charge in [0.05, 0.1) is 13.5 Å². The Morgan fingerprint density at radius 3 is 2.20 bits per heavy atom. The normalized spacial score (nSPS) is 18.2. The molecule has 4 heteroatoms. The highest BCUT2D eigenvalue weighted by Gasteiger charge is 2.45. The Morgan fingerprint density at radius 1 is 1.12 bits per heavy atom. The fraction of sp³-hybridized carbons (Fsp3) is 0.381. The molecule has 1 atom stereocenters. The van der Waals surface area contributed by atoms with Crippen LogP contribution in [0.1, 0.15) is 30.4 Å². The quantitative estimate of drug-likeness (QED) is 0.822. The fourth-order valence-electron chi connectivity index (χ4n) is 3.84. The second-order valence-corrected chi connectivity index (χ2v) is 6.52. The van der Waals surface area contributed by atoms with Gasteiger partial charge in [0.2, 0.25) is 0 Å². The summed E-state index contributed by atoms with van der Waals surface area (Å²) in [5.74, 6) is -0.214. The van der Waals surface area contributed by atoms with Crippen LogP contribution in [0, 0.1) is 0 Å². The van der Waals surface area contributed by atoms with E-state index in [9.17, 15) is 9.90 Å². The van der Waals surface area contributed by atoms with Crippen LogP contribution in [0.3, 0.4) is 0 Å². The van der Waals surface area contributed by atoms with E-state index in [2.05, 4.69) is 4.90 Å². The summed E-state index contributed by atoms with van der Waals surface area (Å²) in [6.45, 7) is 1.48. The number of aliphatic hydroxyl groups is 1. The molecule has 1 aliphatic rings. The highest BCUT2D eigenvalue weighted by Crippen LogP contribution is 2.40. The van der Waals surface area contributed by atoms with Crippen molar-refractivity contribution in [2.75, 3.05) is 20.2 Å². The maximum atomic E-state index is 11.9. The van der Waals surface area contributed by atoms with Gasteiger partial charge in [0.15, 0.2) is 0 Å². The van der Waals surface area contributed by atoms with Crippen molar-refractivity contribution >= 4 is 5.97 Å². The van der Waals surface area contributed by atoms with Crippen molar-refractivity contribution in [3.63, 3.8) is 0 Å². The molecule has 3 rings (SSSR count). The Kier molecular flexibility index (Phi) is 5.51. The Balaban J connectivity index is 1.95. The number of hydrogen-bond acceptors (Lipinski definition) is 4. The summed E-state index contributed by atoms with van der Waals surface area (Å²) in [5.41, 5.74) is 0.669. The summed E-state index contributed by atoms with van der Waals surface area (Å²) < 4.78 is 4.77. The molecule has 1 saturated heterocycles. The van der Waals surface area contributed by atoms with Gasteiger partial charge in [-0.25, -0.2) is 0 Å². The summed E-state index contributed by atoms with van der Waals surface area (Å²) in [6.07, 6.45) is 2.24. The number of methoxy groups -OCH3 is 1. The predicted molar refractivity (Wildman–Crippen MR) is 97.1 cm³/mol. The highest BCUT2D eigenvalue weighted by molar-refractivity contribution is 5.69. The third-order valence-corrected chi connectivity index (χ3v) is 5.10. The number of benzene rings is 2. The Bertz CT molecular complexity index is 647. The standard InChI is InChI=1S/C21H25NO3/c1-25-20(23)14-16-22-15-8-13-19(22)21(24,17-9-4-2-5-10-17)18-11-6-3-7-12-18/h2-7,9-12,19,24H,8,13-16H2,1H3/t19-/m0/s1. The zero-order chi connectivity index (χ0) is 17.7. The van der Waals surface area contributed by atoms with Crippen LogP contribution < -0.4 is 0 Å². The van der Waals surface area contributed by atoms with Gasteiger partial charge in [-0.05, 0) is 30.5 Å². The molecule has 0 bridgehead atoms. The number of rotatable bonds is 6. The Labute approximate surface area is 149 Å². The summed E-state index contributed by atoms with van der Waals surface area (Å²) in [4.78, 5) is 13.8. The number of hydrogen-bond donors (Lipinski definition) is 1. The molecular formula is C21H25NO3. The first-order valence-corrected chi connectivity index (χ1v) is 8.80. The minimum absolute atomic E-state index is 0.0676. The van der Waals surface area contributed by atoms with Crippen molar-refractivity contribution in [3.8, 4) is 0 Å². The van der Waals surface area contributed by atoms with E-state index in [0.717, 1.165) is 30.5 Å². The molecule has 25 heavy (non-hydrogen) atoms. The maximum Gasteiger partial charge on any atom is 0.306 e. The van der Waals surface area contributed by atoms with Gasteiger partial charge >= 0.3 is 5.97 Å². The van der Waals surface area contributed by atoms with Gasteiger partial charge in [-0.15, -0.1) is 0 Å². The fourth-order valence-corrected chi connectivity index (χ4v) is 3.84. The molecule has 1 fully saturated rings. The van der Waals surface area contributed by atoms with Gasteiger partial charge in [-0.3, -0.25) is 9.69 Å². The number of likely N-dealkylation sites (tertiary alicyclic amines) is 1. The maximum absolute atomic E-state index is 11.9. The van der Waals surface area contributed by atoms with E-state index in [-0.39, 0.29) is 12.0 Å². The van der Waals surface area contributed by atoms with Gasteiger partial charge in [-0.1, -0.05) is 60.7 Å². The van der Waals surface area contributed by atoms with Crippen molar-refractivity contribution in [1.82, 2.24) is 4.90 Å². The summed E-state index contributed by atoms with van der Waals surface area (Å²) >= 11 is 0. The predicted octanol–water partition coefficient (Wildman–Crippen LogP) is 2.95. The van der Waals surface area contributed by atoms with Crippen LogP contribution in [0.15, 0.2) is 60.7 Å². The lowest BCUT2D eigenvalue weighted by atomic mass is 9.79. The van der Waals surface area contributed by atoms with Crippen LogP contribution in [0.5, 0.6) is 0 Å². The molecule has 0 saturated carbocycles. The molecule has 2 aromatic carbocycles. The summed E-state index contributed by atoms with van der Waals surface area (Å²) in [7, 11) is 1.41. The molecule has 0 aromatic heterocycles. The first kappa shape index (κ1) is 17.6. The van der Waals surface area contributed by atoms with E-state index in [4.69, 9.17) is 4.74 Å². The molecule has 0 amide bonds. The number of ether oxygens (including phenoxy) is 1. The smallest absolute Gasteiger partial charge is 0.306 e. The van der Waals surface area contributed by atoms with Gasteiger partial charge in [-0.2, -0.15) is 0 Å². The number of nitrogens with zero attached hydrogens (tertiary/aromatic N) is 1. The number of carbonyl (C=O) groups excluding carboxylic acids is 1. The van der Waals surface area contributed by atoms with Crippen molar-refractivity contribution in [1.29, 1.82) is 0 Å². The van der Waals surface area contributed by atoms with Crippen molar-refractivity contribution in [3.05, 3.63) is 71.8 Å². The van der Waals surface area contributed by atoms with Gasteiger partial charge in [0, 0.05) is 12.6 Å². The van der Waals surface area contributed by atoms with Crippen LogP contribution in [-0.4, -0.2) is 42.2 Å². The molecule has 4 nitrogen and oxygen atoms in total. The van der Waals surface area contributed by atoms with Crippen molar-refractivity contribution < 1.29 is 14.6 Å². The second kappa shape index (κ2) is 7.81. The SMILES string of the molecule is COC(=O)CCN1CCC[C@H]1C(O)(c1ccccc1)c1ccccc1. The van der Waals surface area contributed by atoms with Crippen LogP contribution in [-0.2, 0) is 15.1 Å².